The number of likely N-dealkylation sites (tertiary alicyclic amines) is 1. The minimum absolute atomic E-state index is 0.123. The number of aromatic nitrogens is 2. The summed E-state index contributed by atoms with van der Waals surface area (Å²) in [7, 11) is 0. The van der Waals surface area contributed by atoms with Gasteiger partial charge < -0.3 is 14.7 Å². The lowest BCUT2D eigenvalue weighted by Gasteiger charge is -2.35. The van der Waals surface area contributed by atoms with Gasteiger partial charge in [-0.1, -0.05) is 0 Å². The van der Waals surface area contributed by atoms with E-state index in [-0.39, 0.29) is 29.7 Å². The van der Waals surface area contributed by atoms with E-state index in [0.717, 1.165) is 5.69 Å². The summed E-state index contributed by atoms with van der Waals surface area (Å²) in [6.07, 6.45) is 3.38. The maximum absolute atomic E-state index is 13.0. The molecule has 0 radical (unpaired) electrons. The number of amides is 1. The van der Waals surface area contributed by atoms with Crippen LogP contribution in [0.1, 0.15) is 29.0 Å². The minimum Gasteiger partial charge on any atom is -0.488 e. The van der Waals surface area contributed by atoms with Crippen molar-refractivity contribution in [2.24, 2.45) is 11.8 Å². The van der Waals surface area contributed by atoms with Gasteiger partial charge in [-0.3, -0.25) is 9.78 Å². The molecule has 1 amide bonds. The maximum atomic E-state index is 13.0. The molecule has 7 heteroatoms. The molecule has 2 aliphatic rings. The van der Waals surface area contributed by atoms with Crippen LogP contribution in [0.3, 0.4) is 0 Å². The van der Waals surface area contributed by atoms with Gasteiger partial charge in [0, 0.05) is 19.3 Å². The summed E-state index contributed by atoms with van der Waals surface area (Å²) in [5, 5.41) is 10.5. The average molecular weight is 371 g/mol. The van der Waals surface area contributed by atoms with Crippen molar-refractivity contribution in [2.75, 3.05) is 13.1 Å². The van der Waals surface area contributed by atoms with Crippen molar-refractivity contribution in [3.63, 3.8) is 0 Å². The highest BCUT2D eigenvalue weighted by Gasteiger charge is 2.44. The zero-order chi connectivity index (χ0) is 19.0. The number of aryl methyl sites for hydroxylation is 1. The van der Waals surface area contributed by atoms with Crippen LogP contribution >= 0.6 is 0 Å². The van der Waals surface area contributed by atoms with E-state index in [4.69, 9.17) is 4.74 Å². The van der Waals surface area contributed by atoms with Crippen LogP contribution < -0.4 is 4.74 Å². The number of halogens is 1. The average Bonchev–Trinajstić information content (AvgIpc) is 3.06. The Kier molecular flexibility index (Phi) is 4.78. The fourth-order valence-electron chi connectivity index (χ4n) is 4.04. The number of aliphatic hydroxyl groups is 1. The lowest BCUT2D eigenvalue weighted by Crippen LogP contribution is -2.42. The number of rotatable bonds is 3. The number of hydrogen-bond acceptors (Lipinski definition) is 5. The lowest BCUT2D eigenvalue weighted by atomic mass is 9.78. The molecule has 2 fully saturated rings. The molecule has 0 bridgehead atoms. The van der Waals surface area contributed by atoms with Crippen LogP contribution in [0, 0.1) is 24.6 Å². The van der Waals surface area contributed by atoms with E-state index in [0.29, 0.717) is 37.4 Å². The minimum atomic E-state index is -0.606. The van der Waals surface area contributed by atoms with Crippen LogP contribution in [0.15, 0.2) is 36.7 Å². The summed E-state index contributed by atoms with van der Waals surface area (Å²) in [5.41, 5.74) is 1.12. The van der Waals surface area contributed by atoms with Crippen molar-refractivity contribution in [1.82, 2.24) is 14.9 Å². The molecule has 2 aromatic rings. The topological polar surface area (TPSA) is 75.6 Å². The van der Waals surface area contributed by atoms with E-state index < -0.39 is 6.10 Å². The predicted molar refractivity (Wildman–Crippen MR) is 95.7 cm³/mol. The van der Waals surface area contributed by atoms with E-state index in [1.807, 2.05) is 6.92 Å². The highest BCUT2D eigenvalue weighted by Crippen LogP contribution is 2.38. The molecule has 0 spiro atoms. The van der Waals surface area contributed by atoms with Crippen LogP contribution in [0.2, 0.25) is 0 Å². The SMILES string of the molecule is Cc1cnc(C(=O)N2C[C@H]3C[C@@H](Oc4ccc(F)cc4)[C@H](O)C[C@H]3C2)cn1. The monoisotopic (exact) mass is 371 g/mol. The zero-order valence-electron chi connectivity index (χ0n) is 15.1. The molecule has 1 aromatic carbocycles. The second kappa shape index (κ2) is 7.23. The Hall–Kier alpha value is -2.54. The van der Waals surface area contributed by atoms with Crippen molar-refractivity contribution >= 4 is 5.91 Å². The Morgan fingerprint density at radius 2 is 1.85 bits per heavy atom. The van der Waals surface area contributed by atoms with Crippen molar-refractivity contribution in [2.45, 2.75) is 32.0 Å². The van der Waals surface area contributed by atoms with Crippen LogP contribution in [0.25, 0.3) is 0 Å². The predicted octanol–water partition coefficient (Wildman–Crippen LogP) is 2.21. The summed E-state index contributed by atoms with van der Waals surface area (Å²) < 4.78 is 18.9. The molecule has 1 saturated carbocycles. The van der Waals surface area contributed by atoms with Gasteiger partial charge in [0.1, 0.15) is 23.4 Å². The summed E-state index contributed by atoms with van der Waals surface area (Å²) in [6.45, 7) is 3.06. The Bertz CT molecular complexity index is 812. The third-order valence-corrected chi connectivity index (χ3v) is 5.47. The fraction of sp³-hybridized carbons (Fsp3) is 0.450. The second-order valence-electron chi connectivity index (χ2n) is 7.42. The second-order valence-corrected chi connectivity index (χ2v) is 7.42. The van der Waals surface area contributed by atoms with E-state index in [1.54, 1.807) is 23.2 Å². The number of aliphatic hydroxyl groups excluding tert-OH is 1. The quantitative estimate of drug-likeness (QED) is 0.895. The van der Waals surface area contributed by atoms with Crippen LogP contribution in [0.5, 0.6) is 5.75 Å². The van der Waals surface area contributed by atoms with Crippen LogP contribution in [0.4, 0.5) is 4.39 Å². The smallest absolute Gasteiger partial charge is 0.274 e. The van der Waals surface area contributed by atoms with Crippen molar-refractivity contribution in [1.29, 1.82) is 0 Å². The Balaban J connectivity index is 1.41. The summed E-state index contributed by atoms with van der Waals surface area (Å²) in [4.78, 5) is 22.8. The first-order chi connectivity index (χ1) is 13.0. The third kappa shape index (κ3) is 3.78. The molecule has 1 N–H and O–H groups in total. The highest BCUT2D eigenvalue weighted by atomic mass is 19.1. The molecule has 1 aliphatic carbocycles. The number of ether oxygens (including phenoxy) is 1. The molecule has 1 saturated heterocycles. The zero-order valence-corrected chi connectivity index (χ0v) is 15.1. The van der Waals surface area contributed by atoms with Crippen molar-refractivity contribution in [3.05, 3.63) is 53.9 Å². The van der Waals surface area contributed by atoms with Gasteiger partial charge >= 0.3 is 0 Å². The van der Waals surface area contributed by atoms with Gasteiger partial charge in [-0.25, -0.2) is 9.37 Å². The number of hydrogen-bond donors (Lipinski definition) is 1. The van der Waals surface area contributed by atoms with Gasteiger partial charge in [-0.05, 0) is 55.9 Å². The number of carbonyl (C=O) groups is 1. The number of carbonyl (C=O) groups excluding carboxylic acids is 1. The Morgan fingerprint density at radius 3 is 2.52 bits per heavy atom. The van der Waals surface area contributed by atoms with Gasteiger partial charge in [0.2, 0.25) is 0 Å². The van der Waals surface area contributed by atoms with Gasteiger partial charge in [-0.15, -0.1) is 0 Å². The lowest BCUT2D eigenvalue weighted by molar-refractivity contribution is -0.0231. The third-order valence-electron chi connectivity index (χ3n) is 5.47. The van der Waals surface area contributed by atoms with E-state index >= 15 is 0 Å². The normalized spacial score (nSPS) is 27.3. The first kappa shape index (κ1) is 17.9. The molecule has 27 heavy (non-hydrogen) atoms. The van der Waals surface area contributed by atoms with Crippen LogP contribution in [-0.2, 0) is 0 Å². The first-order valence-corrected chi connectivity index (χ1v) is 9.18. The van der Waals surface area contributed by atoms with Crippen LogP contribution in [-0.4, -0.2) is 51.2 Å². The largest absolute Gasteiger partial charge is 0.488 e. The molecular weight excluding hydrogens is 349 g/mol. The maximum Gasteiger partial charge on any atom is 0.274 e. The van der Waals surface area contributed by atoms with E-state index in [2.05, 4.69) is 9.97 Å². The molecule has 1 aromatic heterocycles. The number of fused-ring (bicyclic) bond motifs is 1. The number of benzene rings is 1. The first-order valence-electron chi connectivity index (χ1n) is 9.18. The Labute approximate surface area is 157 Å². The van der Waals surface area contributed by atoms with E-state index in [1.165, 1.54) is 18.3 Å². The molecule has 1 aliphatic heterocycles. The van der Waals surface area contributed by atoms with Gasteiger partial charge in [0.15, 0.2) is 0 Å². The summed E-state index contributed by atoms with van der Waals surface area (Å²) in [5.74, 6) is 0.606. The molecule has 142 valence electrons. The highest BCUT2D eigenvalue weighted by molar-refractivity contribution is 5.92. The molecule has 6 nitrogen and oxygen atoms in total. The van der Waals surface area contributed by atoms with E-state index in [9.17, 15) is 14.3 Å². The van der Waals surface area contributed by atoms with Crippen molar-refractivity contribution in [3.8, 4) is 5.75 Å². The summed E-state index contributed by atoms with van der Waals surface area (Å²) in [6, 6.07) is 5.81. The molecule has 2 heterocycles. The standard InChI is InChI=1S/C20H22FN3O3/c1-12-8-23-17(9-22-12)20(26)24-10-13-6-18(25)19(7-14(13)11-24)27-16-4-2-15(21)3-5-16/h2-5,8-9,13-14,18-19,25H,6-7,10-11H2,1H3/t13-,14+,18+,19+/m0/s1. The molecular formula is C20H22FN3O3. The molecule has 4 rings (SSSR count). The Morgan fingerprint density at radius 1 is 1.15 bits per heavy atom. The van der Waals surface area contributed by atoms with Gasteiger partial charge in [0.25, 0.3) is 5.91 Å². The van der Waals surface area contributed by atoms with Gasteiger partial charge in [-0.2, -0.15) is 0 Å². The van der Waals surface area contributed by atoms with Crippen molar-refractivity contribution < 1.29 is 19.0 Å². The molecule has 0 unspecified atom stereocenters. The summed E-state index contributed by atoms with van der Waals surface area (Å²) >= 11 is 0. The molecule has 4 atom stereocenters. The number of nitrogens with zero attached hydrogens (tertiary/aromatic N) is 3. The fourth-order valence-corrected chi connectivity index (χ4v) is 4.04. The van der Waals surface area contributed by atoms with Gasteiger partial charge in [0.05, 0.1) is 18.0 Å².